The highest BCUT2D eigenvalue weighted by Gasteiger charge is 2.27. The number of β-amino-alcohol motifs (C(OH)–C–C–N with tert-alkyl or cyclic N) is 1. The molecule has 76 valence electrons. The molecular weight excluding hydrogens is 166 g/mol. The van der Waals surface area contributed by atoms with Crippen molar-refractivity contribution >= 4 is 0 Å². The zero-order valence-corrected chi connectivity index (χ0v) is 8.28. The Labute approximate surface area is 79.7 Å². The third-order valence-corrected chi connectivity index (χ3v) is 3.13. The zero-order chi connectivity index (χ0) is 9.26. The summed E-state index contributed by atoms with van der Waals surface area (Å²) in [5.41, 5.74) is 0. The van der Waals surface area contributed by atoms with Gasteiger partial charge < -0.3 is 9.84 Å². The normalized spacial score (nSPS) is 40.6. The summed E-state index contributed by atoms with van der Waals surface area (Å²) in [6, 6.07) is 0.641. The summed E-state index contributed by atoms with van der Waals surface area (Å²) in [6.07, 6.45) is 3.66. The highest BCUT2D eigenvalue weighted by atomic mass is 16.6. The second-order valence-electron chi connectivity index (χ2n) is 4.32. The van der Waals surface area contributed by atoms with Crippen LogP contribution >= 0.6 is 0 Å². The van der Waals surface area contributed by atoms with Crippen molar-refractivity contribution in [2.24, 2.45) is 0 Å². The average molecular weight is 185 g/mol. The van der Waals surface area contributed by atoms with E-state index in [1.807, 2.05) is 0 Å². The van der Waals surface area contributed by atoms with Crippen molar-refractivity contribution in [3.05, 3.63) is 0 Å². The summed E-state index contributed by atoms with van der Waals surface area (Å²) < 4.78 is 5.17. The Morgan fingerprint density at radius 1 is 1.46 bits per heavy atom. The molecule has 2 rings (SSSR count). The fourth-order valence-corrected chi connectivity index (χ4v) is 2.01. The van der Waals surface area contributed by atoms with E-state index in [1.165, 1.54) is 0 Å². The molecule has 13 heavy (non-hydrogen) atoms. The summed E-state index contributed by atoms with van der Waals surface area (Å²) in [4.78, 5) is 2.38. The molecule has 2 saturated heterocycles. The van der Waals surface area contributed by atoms with Crippen molar-refractivity contribution in [2.45, 2.75) is 44.4 Å². The van der Waals surface area contributed by atoms with Crippen LogP contribution in [0.4, 0.5) is 0 Å². The molecule has 0 radical (unpaired) electrons. The number of aliphatic hydroxyl groups excluding tert-OH is 1. The number of rotatable bonds is 3. The quantitative estimate of drug-likeness (QED) is 0.655. The number of hydrogen-bond donors (Lipinski definition) is 1. The van der Waals surface area contributed by atoms with E-state index >= 15 is 0 Å². The van der Waals surface area contributed by atoms with Gasteiger partial charge in [0.1, 0.15) is 0 Å². The van der Waals surface area contributed by atoms with Gasteiger partial charge >= 0.3 is 0 Å². The first-order chi connectivity index (χ1) is 6.25. The van der Waals surface area contributed by atoms with Crippen molar-refractivity contribution < 1.29 is 9.84 Å². The number of piperidine rings is 1. The first-order valence-corrected chi connectivity index (χ1v) is 5.29. The Morgan fingerprint density at radius 2 is 2.23 bits per heavy atom. The van der Waals surface area contributed by atoms with E-state index in [0.29, 0.717) is 12.1 Å². The number of ether oxygens (including phenoxy) is 1. The van der Waals surface area contributed by atoms with E-state index in [4.69, 9.17) is 4.74 Å². The predicted octanol–water partition coefficient (Wildman–Crippen LogP) is 0.620. The molecule has 1 N–H and O–H groups in total. The molecule has 2 aliphatic rings. The summed E-state index contributed by atoms with van der Waals surface area (Å²) in [5, 5.41) is 9.51. The molecule has 3 nitrogen and oxygen atoms in total. The monoisotopic (exact) mass is 185 g/mol. The summed E-state index contributed by atoms with van der Waals surface area (Å²) in [6.45, 7) is 5.14. The third kappa shape index (κ3) is 2.66. The lowest BCUT2D eigenvalue weighted by molar-refractivity contribution is 0.0394. The van der Waals surface area contributed by atoms with Crippen LogP contribution in [0, 0.1) is 0 Å². The second kappa shape index (κ2) is 3.95. The molecule has 3 unspecified atom stereocenters. The Balaban J connectivity index is 1.73. The van der Waals surface area contributed by atoms with E-state index in [-0.39, 0.29) is 6.10 Å². The number of aliphatic hydroxyl groups is 1. The molecule has 3 atom stereocenters. The lowest BCUT2D eigenvalue weighted by Crippen LogP contribution is -2.44. The Bertz CT molecular complexity index is 170. The summed E-state index contributed by atoms with van der Waals surface area (Å²) in [5.74, 6) is 0. The zero-order valence-electron chi connectivity index (χ0n) is 8.28. The van der Waals surface area contributed by atoms with Crippen LogP contribution in [0.3, 0.4) is 0 Å². The lowest BCUT2D eigenvalue weighted by atomic mass is 10.0. The molecule has 0 aromatic heterocycles. The third-order valence-electron chi connectivity index (χ3n) is 3.13. The maximum Gasteiger partial charge on any atom is 0.0822 e. The molecule has 0 bridgehead atoms. The fourth-order valence-electron chi connectivity index (χ4n) is 2.01. The second-order valence-corrected chi connectivity index (χ2v) is 4.32. The van der Waals surface area contributed by atoms with Gasteiger partial charge in [0.15, 0.2) is 0 Å². The lowest BCUT2D eigenvalue weighted by Gasteiger charge is -2.35. The molecule has 0 saturated carbocycles. The van der Waals surface area contributed by atoms with Gasteiger partial charge in [0.05, 0.1) is 18.8 Å². The Morgan fingerprint density at radius 3 is 2.92 bits per heavy atom. The van der Waals surface area contributed by atoms with Crippen LogP contribution in [0.5, 0.6) is 0 Å². The molecule has 0 aromatic carbocycles. The minimum Gasteiger partial charge on any atom is -0.392 e. The van der Waals surface area contributed by atoms with Gasteiger partial charge in [-0.1, -0.05) is 0 Å². The van der Waals surface area contributed by atoms with Gasteiger partial charge in [-0.3, -0.25) is 4.90 Å². The highest BCUT2D eigenvalue weighted by molar-refractivity contribution is 4.80. The Hall–Kier alpha value is -0.120. The molecule has 2 fully saturated rings. The van der Waals surface area contributed by atoms with Crippen LogP contribution in [0.1, 0.15) is 26.2 Å². The molecule has 0 aliphatic carbocycles. The summed E-state index contributed by atoms with van der Waals surface area (Å²) in [7, 11) is 0. The van der Waals surface area contributed by atoms with Gasteiger partial charge in [0.25, 0.3) is 0 Å². The maximum atomic E-state index is 9.51. The van der Waals surface area contributed by atoms with Gasteiger partial charge in [0, 0.05) is 19.1 Å². The number of likely N-dealkylation sites (tertiary alicyclic amines) is 1. The van der Waals surface area contributed by atoms with Crippen molar-refractivity contribution in [3.8, 4) is 0 Å². The molecular formula is C10H19NO2. The smallest absolute Gasteiger partial charge is 0.0822 e. The first kappa shape index (κ1) is 9.44. The van der Waals surface area contributed by atoms with Gasteiger partial charge in [-0.2, -0.15) is 0 Å². The Kier molecular flexibility index (Phi) is 2.86. The van der Waals surface area contributed by atoms with E-state index in [1.54, 1.807) is 0 Å². The van der Waals surface area contributed by atoms with E-state index in [0.717, 1.165) is 39.0 Å². The van der Waals surface area contributed by atoms with Gasteiger partial charge in [-0.25, -0.2) is 0 Å². The highest BCUT2D eigenvalue weighted by Crippen LogP contribution is 2.20. The fraction of sp³-hybridized carbons (Fsp3) is 1.00. The van der Waals surface area contributed by atoms with Crippen molar-refractivity contribution in [1.29, 1.82) is 0 Å². The van der Waals surface area contributed by atoms with E-state index in [9.17, 15) is 5.11 Å². The van der Waals surface area contributed by atoms with Crippen molar-refractivity contribution in [2.75, 3.05) is 19.7 Å². The first-order valence-electron chi connectivity index (χ1n) is 5.29. The number of nitrogens with zero attached hydrogens (tertiary/aromatic N) is 1. The van der Waals surface area contributed by atoms with E-state index < -0.39 is 0 Å². The van der Waals surface area contributed by atoms with Crippen LogP contribution in [0.25, 0.3) is 0 Å². The predicted molar refractivity (Wildman–Crippen MR) is 50.6 cm³/mol. The largest absolute Gasteiger partial charge is 0.392 e. The van der Waals surface area contributed by atoms with Crippen molar-refractivity contribution in [3.63, 3.8) is 0 Å². The van der Waals surface area contributed by atoms with Crippen LogP contribution in [0.2, 0.25) is 0 Å². The molecule has 0 aromatic rings. The van der Waals surface area contributed by atoms with E-state index in [2.05, 4.69) is 11.8 Å². The molecule has 2 aliphatic heterocycles. The molecule has 2 heterocycles. The number of hydrogen-bond acceptors (Lipinski definition) is 3. The topological polar surface area (TPSA) is 36.0 Å². The standard InChI is InChI=1S/C10H19NO2/c1-8-2-3-9(12)6-11(8)5-4-10-7-13-10/h8-10,12H,2-7H2,1H3. The average Bonchev–Trinajstić information content (AvgIpc) is 2.90. The maximum absolute atomic E-state index is 9.51. The molecule has 3 heteroatoms. The van der Waals surface area contributed by atoms with Crippen LogP contribution in [-0.4, -0.2) is 48.0 Å². The van der Waals surface area contributed by atoms with Crippen LogP contribution < -0.4 is 0 Å². The van der Waals surface area contributed by atoms with Gasteiger partial charge in [-0.15, -0.1) is 0 Å². The summed E-state index contributed by atoms with van der Waals surface area (Å²) >= 11 is 0. The molecule has 0 amide bonds. The van der Waals surface area contributed by atoms with Gasteiger partial charge in [0.2, 0.25) is 0 Å². The number of epoxide rings is 1. The minimum absolute atomic E-state index is 0.101. The van der Waals surface area contributed by atoms with Crippen LogP contribution in [-0.2, 0) is 4.74 Å². The van der Waals surface area contributed by atoms with Crippen molar-refractivity contribution in [1.82, 2.24) is 4.90 Å². The minimum atomic E-state index is -0.101. The molecule has 0 spiro atoms. The SMILES string of the molecule is CC1CCC(O)CN1CCC1CO1. The van der Waals surface area contributed by atoms with Gasteiger partial charge in [-0.05, 0) is 26.2 Å². The van der Waals surface area contributed by atoms with Crippen LogP contribution in [0.15, 0.2) is 0 Å².